The molecule has 0 bridgehead atoms. The number of nitrogens with two attached hydrogens (primary N) is 1. The Labute approximate surface area is 141 Å². The fraction of sp³-hybridized carbons (Fsp3) is 0.368. The summed E-state index contributed by atoms with van der Waals surface area (Å²) in [6.45, 7) is 1.60. The van der Waals surface area contributed by atoms with E-state index in [-0.39, 0.29) is 12.2 Å². The summed E-state index contributed by atoms with van der Waals surface area (Å²) in [6, 6.07) is 11.5. The van der Waals surface area contributed by atoms with E-state index in [1.54, 1.807) is 7.11 Å². The van der Waals surface area contributed by atoms with E-state index in [1.165, 1.54) is 0 Å². The lowest BCUT2D eigenvalue weighted by Crippen LogP contribution is -2.08. The van der Waals surface area contributed by atoms with Gasteiger partial charge in [-0.3, -0.25) is 0 Å². The van der Waals surface area contributed by atoms with Crippen molar-refractivity contribution in [1.29, 1.82) is 0 Å². The highest BCUT2D eigenvalue weighted by Crippen LogP contribution is 2.38. The number of hydrogen-bond acceptors (Lipinski definition) is 5. The summed E-state index contributed by atoms with van der Waals surface area (Å²) in [5.74, 6) is 2.20. The molecule has 0 radical (unpaired) electrons. The summed E-state index contributed by atoms with van der Waals surface area (Å²) in [5, 5.41) is 0. The van der Waals surface area contributed by atoms with E-state index in [1.807, 2.05) is 36.4 Å². The first kappa shape index (κ1) is 15.3. The molecule has 0 aromatic heterocycles. The standard InChI is InChI=1S/C19H21NO4/c1-21-18-4-2-3-5-19(18)24-17-7-6-16(20)14(8-12-10-22-12)15(17)9-13-11-23-13/h2-7,12-13H,8-11,20H2,1H3. The monoisotopic (exact) mass is 327 g/mol. The summed E-state index contributed by atoms with van der Waals surface area (Å²) in [4.78, 5) is 0. The lowest BCUT2D eigenvalue weighted by atomic mass is 9.96. The molecule has 2 aliphatic heterocycles. The average Bonchev–Trinajstić information content (AvgIpc) is 3.49. The van der Waals surface area contributed by atoms with Crippen LogP contribution in [0.4, 0.5) is 5.69 Å². The number of nitrogen functional groups attached to an aromatic ring is 1. The quantitative estimate of drug-likeness (QED) is 0.625. The zero-order valence-corrected chi connectivity index (χ0v) is 13.7. The maximum Gasteiger partial charge on any atom is 0.169 e. The van der Waals surface area contributed by atoms with E-state index in [9.17, 15) is 0 Å². The molecule has 5 heteroatoms. The Bertz CT molecular complexity index is 738. The zero-order chi connectivity index (χ0) is 16.5. The largest absolute Gasteiger partial charge is 0.493 e. The van der Waals surface area contributed by atoms with E-state index in [0.717, 1.165) is 48.6 Å². The molecule has 0 aliphatic carbocycles. The fourth-order valence-electron chi connectivity index (χ4n) is 2.90. The van der Waals surface area contributed by atoms with Gasteiger partial charge >= 0.3 is 0 Å². The topological polar surface area (TPSA) is 69.5 Å². The van der Waals surface area contributed by atoms with Crippen LogP contribution in [0.5, 0.6) is 17.2 Å². The summed E-state index contributed by atoms with van der Waals surface area (Å²) in [5.41, 5.74) is 9.24. The number of benzene rings is 2. The van der Waals surface area contributed by atoms with E-state index in [4.69, 9.17) is 24.7 Å². The van der Waals surface area contributed by atoms with Crippen LogP contribution in [0.15, 0.2) is 36.4 Å². The van der Waals surface area contributed by atoms with Gasteiger partial charge in [-0.15, -0.1) is 0 Å². The van der Waals surface area contributed by atoms with Crippen LogP contribution in [0.2, 0.25) is 0 Å². The summed E-state index contributed by atoms with van der Waals surface area (Å²) in [7, 11) is 1.64. The second-order valence-electron chi connectivity index (χ2n) is 6.18. The predicted octanol–water partition coefficient (Wildman–Crippen LogP) is 2.95. The minimum atomic E-state index is 0.255. The highest BCUT2D eigenvalue weighted by atomic mass is 16.6. The van der Waals surface area contributed by atoms with Crippen molar-refractivity contribution in [3.63, 3.8) is 0 Å². The highest BCUT2D eigenvalue weighted by molar-refractivity contribution is 5.58. The molecule has 2 aliphatic rings. The number of methoxy groups -OCH3 is 1. The average molecular weight is 327 g/mol. The SMILES string of the molecule is COc1ccccc1Oc1ccc(N)c(CC2CO2)c1CC1CO1. The Hall–Kier alpha value is -2.24. The van der Waals surface area contributed by atoms with Gasteiger partial charge in [0.2, 0.25) is 0 Å². The lowest BCUT2D eigenvalue weighted by Gasteiger charge is -2.18. The molecular formula is C19H21NO4. The molecule has 5 nitrogen and oxygen atoms in total. The predicted molar refractivity (Wildman–Crippen MR) is 90.8 cm³/mol. The second-order valence-corrected chi connectivity index (χ2v) is 6.18. The molecule has 0 amide bonds. The van der Waals surface area contributed by atoms with Gasteiger partial charge in [0.25, 0.3) is 0 Å². The number of rotatable bonds is 7. The first-order valence-corrected chi connectivity index (χ1v) is 8.19. The third-order valence-electron chi connectivity index (χ3n) is 4.38. The molecule has 0 spiro atoms. The van der Waals surface area contributed by atoms with Crippen molar-refractivity contribution in [2.45, 2.75) is 25.0 Å². The maximum atomic E-state index is 6.24. The van der Waals surface area contributed by atoms with Crippen molar-refractivity contribution in [2.75, 3.05) is 26.1 Å². The maximum absolute atomic E-state index is 6.24. The van der Waals surface area contributed by atoms with Gasteiger partial charge in [0.1, 0.15) is 5.75 Å². The molecule has 126 valence electrons. The van der Waals surface area contributed by atoms with Crippen molar-refractivity contribution in [2.24, 2.45) is 0 Å². The van der Waals surface area contributed by atoms with E-state index >= 15 is 0 Å². The first-order chi connectivity index (χ1) is 11.7. The third-order valence-corrected chi connectivity index (χ3v) is 4.38. The Kier molecular flexibility index (Phi) is 4.04. The summed E-state index contributed by atoms with van der Waals surface area (Å²) >= 11 is 0. The number of hydrogen-bond donors (Lipinski definition) is 1. The van der Waals surface area contributed by atoms with Crippen LogP contribution in [-0.4, -0.2) is 32.5 Å². The van der Waals surface area contributed by atoms with Gasteiger partial charge in [0, 0.05) is 24.1 Å². The molecule has 24 heavy (non-hydrogen) atoms. The first-order valence-electron chi connectivity index (χ1n) is 8.19. The van der Waals surface area contributed by atoms with Crippen molar-refractivity contribution in [3.05, 3.63) is 47.5 Å². The van der Waals surface area contributed by atoms with Gasteiger partial charge < -0.3 is 24.7 Å². The van der Waals surface area contributed by atoms with Crippen LogP contribution in [0.3, 0.4) is 0 Å². The zero-order valence-electron chi connectivity index (χ0n) is 13.7. The number of anilines is 1. The van der Waals surface area contributed by atoms with E-state index in [2.05, 4.69) is 0 Å². The van der Waals surface area contributed by atoms with Crippen molar-refractivity contribution >= 4 is 5.69 Å². The van der Waals surface area contributed by atoms with Crippen LogP contribution < -0.4 is 15.2 Å². The molecule has 2 aromatic rings. The minimum absolute atomic E-state index is 0.255. The highest BCUT2D eigenvalue weighted by Gasteiger charge is 2.30. The molecule has 2 fully saturated rings. The molecule has 0 saturated carbocycles. The van der Waals surface area contributed by atoms with Gasteiger partial charge in [-0.2, -0.15) is 0 Å². The number of para-hydroxylation sites is 2. The Balaban J connectivity index is 1.70. The Morgan fingerprint density at radius 2 is 1.54 bits per heavy atom. The smallest absolute Gasteiger partial charge is 0.169 e. The second kappa shape index (κ2) is 6.34. The molecule has 2 heterocycles. The van der Waals surface area contributed by atoms with E-state index < -0.39 is 0 Å². The summed E-state index contributed by atoms with van der Waals surface area (Å²) in [6.07, 6.45) is 2.15. The van der Waals surface area contributed by atoms with Crippen LogP contribution >= 0.6 is 0 Å². The van der Waals surface area contributed by atoms with Crippen LogP contribution in [0.1, 0.15) is 11.1 Å². The van der Waals surface area contributed by atoms with Crippen LogP contribution in [0.25, 0.3) is 0 Å². The molecule has 4 rings (SSSR count). The lowest BCUT2D eigenvalue weighted by molar-refractivity contribution is 0.374. The van der Waals surface area contributed by atoms with Gasteiger partial charge in [0.05, 0.1) is 32.5 Å². The molecule has 2 unspecified atom stereocenters. The van der Waals surface area contributed by atoms with Crippen molar-refractivity contribution in [1.82, 2.24) is 0 Å². The number of ether oxygens (including phenoxy) is 4. The molecule has 2 saturated heterocycles. The van der Waals surface area contributed by atoms with Crippen LogP contribution in [0, 0.1) is 0 Å². The normalized spacial score (nSPS) is 21.4. The van der Waals surface area contributed by atoms with E-state index in [0.29, 0.717) is 11.5 Å². The van der Waals surface area contributed by atoms with Crippen LogP contribution in [-0.2, 0) is 22.3 Å². The fourth-order valence-corrected chi connectivity index (χ4v) is 2.90. The van der Waals surface area contributed by atoms with Gasteiger partial charge in [0.15, 0.2) is 11.5 Å². The Morgan fingerprint density at radius 1 is 0.917 bits per heavy atom. The third kappa shape index (κ3) is 3.32. The Morgan fingerprint density at radius 3 is 2.17 bits per heavy atom. The van der Waals surface area contributed by atoms with Gasteiger partial charge in [-0.05, 0) is 29.8 Å². The number of epoxide rings is 2. The van der Waals surface area contributed by atoms with Crippen molar-refractivity contribution in [3.8, 4) is 17.2 Å². The van der Waals surface area contributed by atoms with Gasteiger partial charge in [-0.1, -0.05) is 12.1 Å². The molecule has 2 aromatic carbocycles. The summed E-state index contributed by atoms with van der Waals surface area (Å²) < 4.78 is 22.4. The minimum Gasteiger partial charge on any atom is -0.493 e. The van der Waals surface area contributed by atoms with Crippen molar-refractivity contribution < 1.29 is 18.9 Å². The molecule has 2 N–H and O–H groups in total. The molecular weight excluding hydrogens is 306 g/mol. The van der Waals surface area contributed by atoms with Gasteiger partial charge in [-0.25, -0.2) is 0 Å². The molecule has 2 atom stereocenters.